The summed E-state index contributed by atoms with van der Waals surface area (Å²) < 4.78 is 0. The second-order valence-corrected chi connectivity index (χ2v) is 4.25. The van der Waals surface area contributed by atoms with Crippen LogP contribution in [0.1, 0.15) is 0 Å². The molecule has 115 valence electrons. The first kappa shape index (κ1) is 16.2. The normalized spacial score (nSPS) is 15.6. The van der Waals surface area contributed by atoms with E-state index in [4.69, 9.17) is 0 Å². The zero-order valence-electron chi connectivity index (χ0n) is 11.1. The Kier molecular flexibility index (Phi) is 5.70. The van der Waals surface area contributed by atoms with Gasteiger partial charge in [0.15, 0.2) is 11.5 Å². The number of hydrogen-bond donors (Lipinski definition) is 2. The van der Waals surface area contributed by atoms with Crippen LogP contribution in [0.4, 0.5) is 5.69 Å². The number of para-hydroxylation sites is 1. The van der Waals surface area contributed by atoms with E-state index in [0.717, 1.165) is 10.9 Å². The molecule has 3 rings (SSSR count). The fraction of sp³-hybridized carbons (Fsp3) is 0. The molecule has 2 aromatic rings. The first-order chi connectivity index (χ1) is 10.8. The number of aromatic nitrogens is 1. The van der Waals surface area contributed by atoms with E-state index in [1.165, 1.54) is 12.3 Å². The summed E-state index contributed by atoms with van der Waals surface area (Å²) in [4.78, 5) is 14.3. The van der Waals surface area contributed by atoms with Crippen molar-refractivity contribution in [2.24, 2.45) is 10.2 Å². The number of allylic oxidation sites excluding steroid dienone is 5. The Bertz CT molecular complexity index is 806. The number of rotatable bonds is 2. The van der Waals surface area contributed by atoms with Crippen molar-refractivity contribution in [2.45, 2.75) is 0 Å². The minimum absolute atomic E-state index is 0.0428. The van der Waals surface area contributed by atoms with Crippen LogP contribution >= 0.6 is 10.2 Å². The van der Waals surface area contributed by atoms with Gasteiger partial charge in [0.1, 0.15) is 0 Å². The molecular weight excluding hydrogens is 348 g/mol. The second-order valence-electron chi connectivity index (χ2n) is 4.25. The van der Waals surface area contributed by atoms with E-state index in [0.29, 0.717) is 11.3 Å². The molecule has 0 bridgehead atoms. The van der Waals surface area contributed by atoms with E-state index < -0.39 is 0 Å². The molecule has 0 unspecified atom stereocenters. The Morgan fingerprint density at radius 3 is 2.68 bits per heavy atom. The summed E-state index contributed by atoms with van der Waals surface area (Å²) in [5.41, 5.74) is 1.60. The average Bonchev–Trinajstić information content (AvgIpc) is 2.87. The van der Waals surface area contributed by atoms with E-state index in [1.54, 1.807) is 18.2 Å². The molecule has 2 N–H and O–H groups in total. The number of H-pyrrole nitrogens is 1. The molecule has 1 aliphatic rings. The summed E-state index contributed by atoms with van der Waals surface area (Å²) in [7, 11) is 4.26. The molecule has 0 atom stereocenters. The third kappa shape index (κ3) is 3.53. The van der Waals surface area contributed by atoms with Crippen LogP contribution < -0.4 is 0 Å². The maximum absolute atomic E-state index is 11.5. The molecule has 5 nitrogen and oxygen atoms in total. The summed E-state index contributed by atoms with van der Waals surface area (Å²) >= 11 is 3.35. The third-order valence-corrected chi connectivity index (χ3v) is 2.93. The van der Waals surface area contributed by atoms with Gasteiger partial charge in [-0.05, 0) is 18.2 Å². The Hall–Kier alpha value is -2.17. The molecule has 0 radical (unpaired) electrons. The Morgan fingerprint density at radius 1 is 1.18 bits per heavy atom. The van der Waals surface area contributed by atoms with Gasteiger partial charge in [0, 0.05) is 11.0 Å². The third-order valence-electron chi connectivity index (χ3n) is 2.93. The zero-order chi connectivity index (χ0) is 15.9. The first-order valence-corrected chi connectivity index (χ1v) is 7.53. The number of azo groups is 1. The van der Waals surface area contributed by atoms with E-state index in [2.05, 4.69) is 40.0 Å². The van der Waals surface area contributed by atoms with Gasteiger partial charge in [-0.1, -0.05) is 30.4 Å². The van der Waals surface area contributed by atoms with Crippen LogP contribution in [-0.2, 0) is 19.4 Å². The van der Waals surface area contributed by atoms with Gasteiger partial charge >= 0.3 is 24.8 Å². The van der Waals surface area contributed by atoms with Gasteiger partial charge in [0.2, 0.25) is 5.88 Å². The number of carbonyl (C=O) groups excluding carboxylic acids is 1. The van der Waals surface area contributed by atoms with Crippen LogP contribution in [0, 0.1) is 0 Å². The monoisotopic (exact) mass is 358 g/mol. The summed E-state index contributed by atoms with van der Waals surface area (Å²) in [6.07, 6.45) is 7.93. The van der Waals surface area contributed by atoms with Gasteiger partial charge in [-0.15, -0.1) is 5.11 Å². The predicted octanol–water partition coefficient (Wildman–Crippen LogP) is 4.22. The molecular formula is C15H11ClN3NiO2. The Morgan fingerprint density at radius 2 is 1.91 bits per heavy atom. The van der Waals surface area contributed by atoms with Crippen molar-refractivity contribution in [2.75, 3.05) is 0 Å². The fourth-order valence-corrected chi connectivity index (χ4v) is 1.95. The van der Waals surface area contributed by atoms with Crippen LogP contribution in [-0.4, -0.2) is 15.9 Å². The number of nitrogens with zero attached hydrogens (tertiary/aromatic N) is 2. The Balaban J connectivity index is 0.000000847. The van der Waals surface area contributed by atoms with E-state index in [1.807, 2.05) is 24.3 Å². The SMILES string of the molecule is O=C1C=CC=C/C1=C/N=Nc1c(O)[nH]c2ccccc12.[Cl][Ni]. The van der Waals surface area contributed by atoms with Crippen molar-refractivity contribution in [3.8, 4) is 5.88 Å². The maximum atomic E-state index is 11.5. The molecule has 1 aliphatic carbocycles. The molecule has 1 heterocycles. The summed E-state index contributed by atoms with van der Waals surface area (Å²) in [5.74, 6) is -0.159. The zero-order valence-corrected chi connectivity index (χ0v) is 12.9. The number of benzene rings is 1. The second kappa shape index (κ2) is 7.73. The van der Waals surface area contributed by atoms with Crippen molar-refractivity contribution in [3.63, 3.8) is 0 Å². The van der Waals surface area contributed by atoms with Crippen LogP contribution in [0.3, 0.4) is 0 Å². The molecule has 0 fully saturated rings. The number of carbonyl (C=O) groups is 1. The van der Waals surface area contributed by atoms with Crippen molar-refractivity contribution >= 4 is 32.6 Å². The van der Waals surface area contributed by atoms with Gasteiger partial charge < -0.3 is 10.1 Å². The molecule has 7 heteroatoms. The summed E-state index contributed by atoms with van der Waals surface area (Å²) in [6.45, 7) is 0. The summed E-state index contributed by atoms with van der Waals surface area (Å²) in [6, 6.07) is 7.39. The fourth-order valence-electron chi connectivity index (χ4n) is 1.95. The van der Waals surface area contributed by atoms with Crippen molar-refractivity contribution < 1.29 is 24.5 Å². The van der Waals surface area contributed by atoms with E-state index in [-0.39, 0.29) is 11.7 Å². The van der Waals surface area contributed by atoms with Gasteiger partial charge in [-0.25, -0.2) is 0 Å². The molecule has 0 spiro atoms. The molecule has 1 aromatic carbocycles. The number of nitrogens with one attached hydrogen (secondary N) is 1. The topological polar surface area (TPSA) is 77.8 Å². The average molecular weight is 359 g/mol. The predicted molar refractivity (Wildman–Crippen MR) is 81.7 cm³/mol. The van der Waals surface area contributed by atoms with E-state index in [9.17, 15) is 9.90 Å². The molecule has 22 heavy (non-hydrogen) atoms. The van der Waals surface area contributed by atoms with Crippen molar-refractivity contribution in [3.05, 3.63) is 60.3 Å². The van der Waals surface area contributed by atoms with Crippen molar-refractivity contribution in [1.82, 2.24) is 4.98 Å². The van der Waals surface area contributed by atoms with Crippen LogP contribution in [0.2, 0.25) is 0 Å². The molecule has 0 saturated heterocycles. The molecule has 0 aliphatic heterocycles. The Labute approximate surface area is 138 Å². The van der Waals surface area contributed by atoms with Gasteiger partial charge in [-0.2, -0.15) is 5.11 Å². The molecule has 1 aromatic heterocycles. The first-order valence-electron chi connectivity index (χ1n) is 6.17. The number of ketones is 1. The van der Waals surface area contributed by atoms with Gasteiger partial charge in [0.25, 0.3) is 0 Å². The molecule has 0 amide bonds. The number of aromatic amines is 1. The van der Waals surface area contributed by atoms with Crippen LogP contribution in [0.15, 0.2) is 70.6 Å². The number of hydrogen-bond acceptors (Lipinski definition) is 4. The molecule has 0 saturated carbocycles. The minimum atomic E-state index is -0.116. The van der Waals surface area contributed by atoms with Crippen LogP contribution in [0.5, 0.6) is 5.88 Å². The standard InChI is InChI=1S/C15H11N3O2.ClH.Ni/c19-13-8-4-1-5-10(13)9-16-18-14-11-6-2-3-7-12(11)17-15(14)20;;/h1-9,17,20H;1H;/q;;+1/p-1/b10-9-,18-16?;;. The van der Waals surface area contributed by atoms with Gasteiger partial charge in [0.05, 0.1) is 11.7 Å². The summed E-state index contributed by atoms with van der Waals surface area (Å²) in [5, 5.41) is 18.4. The quantitative estimate of drug-likeness (QED) is 0.478. The van der Waals surface area contributed by atoms with Gasteiger partial charge in [-0.3, -0.25) is 4.79 Å². The van der Waals surface area contributed by atoms with Crippen LogP contribution in [0.25, 0.3) is 10.9 Å². The van der Waals surface area contributed by atoms with Crippen molar-refractivity contribution in [1.29, 1.82) is 0 Å². The number of halogens is 1. The number of fused-ring (bicyclic) bond motifs is 1. The van der Waals surface area contributed by atoms with E-state index >= 15 is 0 Å². The number of aromatic hydroxyl groups is 1.